The third-order valence-corrected chi connectivity index (χ3v) is 0. The van der Waals surface area contributed by atoms with Gasteiger partial charge in [0.15, 0.2) is 0 Å². The molecule has 0 rings (SSSR count). The van der Waals surface area contributed by atoms with Crippen LogP contribution in [0.1, 0.15) is 0 Å². The fraction of sp³-hybridized carbons (Fsp3) is 0. The second kappa shape index (κ2) is 28.6. The van der Waals surface area contributed by atoms with Gasteiger partial charge >= 0.3 is 20.0 Å². The third-order valence-electron chi connectivity index (χ3n) is 0. The fourth-order valence-electron chi connectivity index (χ4n) is 0. The molecule has 1 nitrogen and oxygen atoms in total. The summed E-state index contributed by atoms with van der Waals surface area (Å²) >= 11 is 1.17. The zero-order valence-electron chi connectivity index (χ0n) is 2.01. The normalized spacial score (nSPS) is 0.750. The van der Waals surface area contributed by atoms with Crippen molar-refractivity contribution < 1.29 is 20.3 Å². The van der Waals surface area contributed by atoms with Gasteiger partial charge in [0.25, 0.3) is 0 Å². The van der Waals surface area contributed by atoms with Crippen LogP contribution in [0.25, 0.3) is 0 Å². The van der Waals surface area contributed by atoms with Crippen molar-refractivity contribution in [3.8, 4) is 0 Å². The molecule has 0 bridgehead atoms. The Bertz CT molecular complexity index is 8.00. The first-order valence-corrected chi connectivity index (χ1v) is 0.707. The van der Waals surface area contributed by atoms with Crippen molar-refractivity contribution in [2.24, 2.45) is 0 Å². The van der Waals surface area contributed by atoms with Crippen LogP contribution in [0, 0.1) is 0 Å². The van der Waals surface area contributed by atoms with Crippen LogP contribution in [0.5, 0.6) is 0 Å². The predicted octanol–water partition coefficient (Wildman–Crippen LogP) is -0.444. The van der Waals surface area contributed by atoms with Gasteiger partial charge in [-0.15, -0.1) is 0 Å². The summed E-state index contributed by atoms with van der Waals surface area (Å²) in [6.45, 7) is 0. The average molecular weight is 136 g/mol. The van der Waals surface area contributed by atoms with Gasteiger partial charge in [0, 0.05) is 16.5 Å². The second-order valence-electron chi connectivity index (χ2n) is 0. The molecule has 0 saturated carbocycles. The zero-order valence-corrected chi connectivity index (χ0v) is 5.57. The molecule has 0 amide bonds. The molecule has 4 heavy (non-hydrogen) atoms. The van der Waals surface area contributed by atoms with Crippen LogP contribution in [-0.2, 0) is 20.3 Å². The quantitative estimate of drug-likeness (QED) is 0.325. The van der Waals surface area contributed by atoms with Crippen LogP contribution >= 0.6 is 9.90 Å². The number of rotatable bonds is 0. The first-order chi connectivity index (χ1) is 1.00. The summed E-state index contributed by atoms with van der Waals surface area (Å²) in [5.74, 6) is 0. The van der Waals surface area contributed by atoms with E-state index in [1.807, 2.05) is 0 Å². The molecule has 0 heterocycles. The Hall–Kier alpha value is 1.26. The molecule has 0 aliphatic heterocycles. The summed E-state index contributed by atoms with van der Waals surface area (Å²) in [5.41, 5.74) is 0. The van der Waals surface area contributed by atoms with E-state index in [4.69, 9.17) is 3.80 Å². The Kier molecular flexibility index (Phi) is 134. The standard InChI is InChI=1S/Al.Ni.O.H3P/h;;;1H3. The molecule has 27 valence electrons. The summed E-state index contributed by atoms with van der Waals surface area (Å²) in [5, 5.41) is 0. The summed E-state index contributed by atoms with van der Waals surface area (Å²) in [6, 6.07) is 0. The van der Waals surface area contributed by atoms with Crippen molar-refractivity contribution in [3.63, 3.8) is 0 Å². The van der Waals surface area contributed by atoms with Crippen LogP contribution in [0.15, 0.2) is 0 Å². The molecule has 0 fully saturated rings. The maximum absolute atomic E-state index is 8.17. The molecule has 0 aromatic carbocycles. The summed E-state index contributed by atoms with van der Waals surface area (Å²) < 4.78 is 8.17. The SMILES string of the molecule is P.[Ni].[O]=[Al]. The minimum atomic E-state index is 0. The van der Waals surface area contributed by atoms with E-state index in [2.05, 4.69) is 0 Å². The van der Waals surface area contributed by atoms with Crippen molar-refractivity contribution in [3.05, 3.63) is 0 Å². The molecule has 0 aromatic heterocycles. The molecule has 1 radical (unpaired) electrons. The van der Waals surface area contributed by atoms with Gasteiger partial charge in [-0.1, -0.05) is 0 Å². The van der Waals surface area contributed by atoms with Crippen molar-refractivity contribution in [1.29, 1.82) is 0 Å². The molecule has 0 aromatic rings. The van der Waals surface area contributed by atoms with E-state index in [1.165, 1.54) is 16.2 Å². The predicted molar refractivity (Wildman–Crippen MR) is 17.5 cm³/mol. The zero-order chi connectivity index (χ0) is 2.00. The Morgan fingerprint density at radius 1 is 1.25 bits per heavy atom. The van der Waals surface area contributed by atoms with E-state index in [9.17, 15) is 0 Å². The van der Waals surface area contributed by atoms with E-state index >= 15 is 0 Å². The van der Waals surface area contributed by atoms with Crippen LogP contribution in [-0.4, -0.2) is 16.2 Å². The monoisotopic (exact) mass is 135 g/mol. The summed E-state index contributed by atoms with van der Waals surface area (Å²) in [6.07, 6.45) is 0. The van der Waals surface area contributed by atoms with Crippen molar-refractivity contribution >= 4 is 26.1 Å². The Labute approximate surface area is 46.7 Å². The van der Waals surface area contributed by atoms with Crippen LogP contribution in [0.3, 0.4) is 0 Å². The maximum atomic E-state index is 8.17. The molecule has 0 saturated heterocycles. The van der Waals surface area contributed by atoms with Gasteiger partial charge in [-0.3, -0.25) is 0 Å². The minimum absolute atomic E-state index is 0. The second-order valence-corrected chi connectivity index (χ2v) is 0. The fourth-order valence-corrected chi connectivity index (χ4v) is 0. The number of hydrogen-bond donors (Lipinski definition) is 0. The third kappa shape index (κ3) is 10.5. The topological polar surface area (TPSA) is 17.1 Å². The van der Waals surface area contributed by atoms with Gasteiger partial charge in [-0.05, 0) is 0 Å². The van der Waals surface area contributed by atoms with Crippen LogP contribution < -0.4 is 0 Å². The molecule has 0 spiro atoms. The van der Waals surface area contributed by atoms with Crippen LogP contribution in [0.2, 0.25) is 0 Å². The van der Waals surface area contributed by atoms with Crippen molar-refractivity contribution in [2.75, 3.05) is 0 Å². The average Bonchev–Trinajstić information content (AvgIpc) is 1.00. The molecular formula is H3AlNiOP. The first-order valence-electron chi connectivity index (χ1n) is 0.236. The van der Waals surface area contributed by atoms with Gasteiger partial charge in [0.2, 0.25) is 0 Å². The van der Waals surface area contributed by atoms with Gasteiger partial charge in [-0.25, -0.2) is 0 Å². The summed E-state index contributed by atoms with van der Waals surface area (Å²) in [4.78, 5) is 0. The molecule has 1 unspecified atom stereocenters. The molecule has 0 N–H and O–H groups in total. The van der Waals surface area contributed by atoms with Crippen LogP contribution in [0.4, 0.5) is 0 Å². The summed E-state index contributed by atoms with van der Waals surface area (Å²) in [7, 11) is 0. The number of hydrogen-bond acceptors (Lipinski definition) is 1. The van der Waals surface area contributed by atoms with Gasteiger partial charge < -0.3 is 0 Å². The van der Waals surface area contributed by atoms with Gasteiger partial charge in [-0.2, -0.15) is 9.90 Å². The Morgan fingerprint density at radius 2 is 1.25 bits per heavy atom. The van der Waals surface area contributed by atoms with Crippen molar-refractivity contribution in [1.82, 2.24) is 0 Å². The van der Waals surface area contributed by atoms with Gasteiger partial charge in [0.1, 0.15) is 0 Å². The van der Waals surface area contributed by atoms with Gasteiger partial charge in [0.05, 0.1) is 0 Å². The molecular weight excluding hydrogens is 133 g/mol. The van der Waals surface area contributed by atoms with E-state index in [0.29, 0.717) is 0 Å². The van der Waals surface area contributed by atoms with E-state index < -0.39 is 0 Å². The van der Waals surface area contributed by atoms with E-state index in [1.54, 1.807) is 0 Å². The van der Waals surface area contributed by atoms with Crippen molar-refractivity contribution in [2.45, 2.75) is 0 Å². The molecule has 1 atom stereocenters. The Morgan fingerprint density at radius 3 is 1.25 bits per heavy atom. The molecule has 4 heteroatoms. The van der Waals surface area contributed by atoms with E-state index in [0.717, 1.165) is 0 Å². The molecule has 0 aliphatic carbocycles. The van der Waals surface area contributed by atoms with E-state index in [-0.39, 0.29) is 26.4 Å². The Balaban J connectivity index is -0.00000000500. The molecule has 0 aliphatic rings. The first kappa shape index (κ1) is 18.7.